The first-order valence-corrected chi connectivity index (χ1v) is 12.8. The van der Waals surface area contributed by atoms with E-state index in [1.807, 2.05) is 27.7 Å². The first kappa shape index (κ1) is 24.6. The van der Waals surface area contributed by atoms with Crippen molar-refractivity contribution in [2.75, 3.05) is 6.61 Å². The second-order valence-corrected chi connectivity index (χ2v) is 13.0. The molecule has 0 amide bonds. The van der Waals surface area contributed by atoms with Gasteiger partial charge >= 0.3 is 5.97 Å². The van der Waals surface area contributed by atoms with Crippen molar-refractivity contribution < 1.29 is 37.5 Å². The standard InChI is InChI=1S/C24H34O8S/c1-20(2,26)22-9-16-10-23(13-22,21(3,4)27)15-24(11-16,14-22)31-12-19(25)32-17-5-7-18(8-6-17)33(28,29)30/h5-8,16,26-27H,9-15H2,1-4H3,(H,28,29,30). The van der Waals surface area contributed by atoms with E-state index in [2.05, 4.69) is 0 Å². The fourth-order valence-corrected chi connectivity index (χ4v) is 7.41. The highest BCUT2D eigenvalue weighted by Gasteiger charge is 2.70. The molecule has 9 heteroatoms. The summed E-state index contributed by atoms with van der Waals surface area (Å²) >= 11 is 0. The Morgan fingerprint density at radius 2 is 1.48 bits per heavy atom. The molecule has 0 radical (unpaired) electrons. The summed E-state index contributed by atoms with van der Waals surface area (Å²) in [6.07, 6.45) is 4.49. The molecule has 4 aliphatic rings. The lowest BCUT2D eigenvalue weighted by atomic mass is 9.37. The van der Waals surface area contributed by atoms with Crippen LogP contribution in [0.15, 0.2) is 29.2 Å². The average Bonchev–Trinajstić information content (AvgIpc) is 2.63. The molecule has 0 aromatic heterocycles. The number of benzene rings is 1. The van der Waals surface area contributed by atoms with Crippen molar-refractivity contribution in [2.24, 2.45) is 16.7 Å². The van der Waals surface area contributed by atoms with Crippen LogP contribution >= 0.6 is 0 Å². The molecule has 5 rings (SSSR count). The summed E-state index contributed by atoms with van der Waals surface area (Å²) in [6.45, 7) is 7.02. The first-order valence-electron chi connectivity index (χ1n) is 11.4. The van der Waals surface area contributed by atoms with E-state index in [-0.39, 0.29) is 17.3 Å². The van der Waals surface area contributed by atoms with Gasteiger partial charge < -0.3 is 19.7 Å². The van der Waals surface area contributed by atoms with Crippen LogP contribution in [0.4, 0.5) is 0 Å². The van der Waals surface area contributed by atoms with Crippen LogP contribution in [0.2, 0.25) is 0 Å². The quantitative estimate of drug-likeness (QED) is 0.307. The third kappa shape index (κ3) is 4.34. The van der Waals surface area contributed by atoms with Gasteiger partial charge in [-0.2, -0.15) is 8.42 Å². The lowest BCUT2D eigenvalue weighted by molar-refractivity contribution is -0.291. The van der Waals surface area contributed by atoms with Gasteiger partial charge in [0.1, 0.15) is 12.4 Å². The van der Waals surface area contributed by atoms with Crippen LogP contribution in [-0.2, 0) is 19.6 Å². The Morgan fingerprint density at radius 3 is 1.94 bits per heavy atom. The third-order valence-corrected chi connectivity index (χ3v) is 9.33. The molecule has 4 bridgehead atoms. The van der Waals surface area contributed by atoms with Crippen molar-refractivity contribution in [3.63, 3.8) is 0 Å². The minimum Gasteiger partial charge on any atom is -0.425 e. The summed E-state index contributed by atoms with van der Waals surface area (Å²) in [7, 11) is -4.33. The minimum absolute atomic E-state index is 0.141. The molecule has 184 valence electrons. The number of esters is 1. The van der Waals surface area contributed by atoms with Crippen LogP contribution in [0.5, 0.6) is 5.75 Å². The molecule has 4 fully saturated rings. The molecule has 33 heavy (non-hydrogen) atoms. The first-order chi connectivity index (χ1) is 15.0. The second kappa shape index (κ2) is 7.49. The Hall–Kier alpha value is -1.52. The molecule has 0 spiro atoms. The van der Waals surface area contributed by atoms with E-state index in [0.717, 1.165) is 37.8 Å². The van der Waals surface area contributed by atoms with Gasteiger partial charge in [-0.1, -0.05) is 0 Å². The zero-order valence-electron chi connectivity index (χ0n) is 19.6. The van der Waals surface area contributed by atoms with Crippen molar-refractivity contribution in [3.05, 3.63) is 24.3 Å². The molecule has 4 saturated carbocycles. The van der Waals surface area contributed by atoms with Gasteiger partial charge in [-0.3, -0.25) is 4.55 Å². The lowest BCUT2D eigenvalue weighted by Crippen LogP contribution is -2.70. The molecule has 4 aliphatic carbocycles. The summed E-state index contributed by atoms with van der Waals surface area (Å²) in [4.78, 5) is 12.2. The Labute approximate surface area is 195 Å². The predicted molar refractivity (Wildman–Crippen MR) is 119 cm³/mol. The summed E-state index contributed by atoms with van der Waals surface area (Å²) in [5, 5.41) is 22.3. The zero-order valence-corrected chi connectivity index (χ0v) is 20.4. The van der Waals surface area contributed by atoms with Gasteiger partial charge in [0, 0.05) is 10.8 Å². The highest BCUT2D eigenvalue weighted by atomic mass is 32.2. The summed E-state index contributed by atoms with van der Waals surface area (Å²) in [6, 6.07) is 4.88. The number of carbonyl (C=O) groups is 1. The van der Waals surface area contributed by atoms with Gasteiger partial charge in [0.05, 0.1) is 21.7 Å². The Bertz CT molecular complexity index is 1000. The maximum Gasteiger partial charge on any atom is 0.337 e. The average molecular weight is 483 g/mol. The number of ether oxygens (including phenoxy) is 2. The summed E-state index contributed by atoms with van der Waals surface area (Å²) in [5.74, 6) is -0.189. The molecule has 0 saturated heterocycles. The molecule has 0 aliphatic heterocycles. The largest absolute Gasteiger partial charge is 0.425 e. The Morgan fingerprint density at radius 1 is 0.970 bits per heavy atom. The van der Waals surface area contributed by atoms with Crippen LogP contribution in [-0.4, -0.2) is 52.6 Å². The molecular formula is C24H34O8S. The lowest BCUT2D eigenvalue weighted by Gasteiger charge is -2.71. The highest BCUT2D eigenvalue weighted by Crippen LogP contribution is 2.72. The van der Waals surface area contributed by atoms with E-state index in [0.29, 0.717) is 18.8 Å². The monoisotopic (exact) mass is 482 g/mol. The number of hydrogen-bond acceptors (Lipinski definition) is 7. The van der Waals surface area contributed by atoms with Gasteiger partial charge in [0.25, 0.3) is 10.1 Å². The molecule has 1 aromatic rings. The van der Waals surface area contributed by atoms with Gasteiger partial charge in [0.15, 0.2) is 0 Å². The van der Waals surface area contributed by atoms with Gasteiger partial charge in [-0.15, -0.1) is 0 Å². The number of hydrogen-bond donors (Lipinski definition) is 3. The fraction of sp³-hybridized carbons (Fsp3) is 0.708. The molecule has 2 atom stereocenters. The Balaban J connectivity index is 1.51. The van der Waals surface area contributed by atoms with Crippen molar-refractivity contribution in [1.29, 1.82) is 0 Å². The molecule has 1 aromatic carbocycles. The number of aliphatic hydroxyl groups is 2. The molecule has 2 unspecified atom stereocenters. The van der Waals surface area contributed by atoms with Crippen molar-refractivity contribution >= 4 is 16.1 Å². The van der Waals surface area contributed by atoms with Gasteiger partial charge in [0.2, 0.25) is 0 Å². The van der Waals surface area contributed by atoms with E-state index in [1.165, 1.54) is 12.1 Å². The summed E-state index contributed by atoms with van der Waals surface area (Å²) < 4.78 is 42.9. The van der Waals surface area contributed by atoms with Crippen LogP contribution in [0.1, 0.15) is 66.2 Å². The molecular weight excluding hydrogens is 448 g/mol. The van der Waals surface area contributed by atoms with E-state index in [9.17, 15) is 23.4 Å². The number of rotatable bonds is 7. The third-order valence-electron chi connectivity index (χ3n) is 8.46. The predicted octanol–water partition coefficient (Wildman–Crippen LogP) is 3.11. The molecule has 3 N–H and O–H groups in total. The fourth-order valence-electron chi connectivity index (χ4n) is 6.93. The van der Waals surface area contributed by atoms with Crippen molar-refractivity contribution in [3.8, 4) is 5.75 Å². The van der Waals surface area contributed by atoms with Gasteiger partial charge in [-0.05, 0) is 96.4 Å². The van der Waals surface area contributed by atoms with E-state index in [1.54, 1.807) is 0 Å². The molecule has 8 nitrogen and oxygen atoms in total. The van der Waals surface area contributed by atoms with Crippen LogP contribution in [0, 0.1) is 16.7 Å². The zero-order chi connectivity index (χ0) is 24.5. The SMILES string of the molecule is CC(C)(O)C12CC3CC(OCC(=O)Oc4ccc(S(=O)(=O)O)cc4)(C1)CC(C(C)(C)O)(C3)C2. The van der Waals surface area contributed by atoms with Crippen LogP contribution < -0.4 is 4.74 Å². The van der Waals surface area contributed by atoms with Crippen LogP contribution in [0.25, 0.3) is 0 Å². The second-order valence-electron chi connectivity index (χ2n) is 11.6. The van der Waals surface area contributed by atoms with E-state index < -0.39 is 43.7 Å². The smallest absolute Gasteiger partial charge is 0.337 e. The highest BCUT2D eigenvalue weighted by molar-refractivity contribution is 7.85. The topological polar surface area (TPSA) is 130 Å². The maximum absolute atomic E-state index is 12.5. The minimum atomic E-state index is -4.33. The molecule has 0 heterocycles. The normalized spacial score (nSPS) is 33.8. The number of carbonyl (C=O) groups excluding carboxylic acids is 1. The van der Waals surface area contributed by atoms with Crippen molar-refractivity contribution in [2.45, 2.75) is 87.9 Å². The summed E-state index contributed by atoms with van der Waals surface area (Å²) in [5.41, 5.74) is -3.34. The maximum atomic E-state index is 12.5. The van der Waals surface area contributed by atoms with Gasteiger partial charge in [-0.25, -0.2) is 4.79 Å². The van der Waals surface area contributed by atoms with E-state index >= 15 is 0 Å². The van der Waals surface area contributed by atoms with Crippen LogP contribution in [0.3, 0.4) is 0 Å². The van der Waals surface area contributed by atoms with E-state index in [4.69, 9.17) is 14.0 Å². The Kier molecular flexibility index (Phi) is 5.58. The van der Waals surface area contributed by atoms with Crippen molar-refractivity contribution in [1.82, 2.24) is 0 Å².